The van der Waals surface area contributed by atoms with E-state index in [1.54, 1.807) is 0 Å². The van der Waals surface area contributed by atoms with Crippen LogP contribution in [-0.4, -0.2) is 15.7 Å². The number of carbonyl (C=O) groups excluding carboxylic acids is 1. The highest BCUT2D eigenvalue weighted by atomic mass is 79.9. The molecule has 0 saturated heterocycles. The number of nitrogens with one attached hydrogen (secondary N) is 1. The third-order valence-corrected chi connectivity index (χ3v) is 7.27. The molecule has 0 aliphatic heterocycles. The van der Waals surface area contributed by atoms with Gasteiger partial charge in [0.15, 0.2) is 5.69 Å². The lowest BCUT2D eigenvalue weighted by molar-refractivity contribution is -0.0495. The Kier molecular flexibility index (Phi) is 3.78. The van der Waals surface area contributed by atoms with Crippen molar-refractivity contribution in [2.24, 2.45) is 17.8 Å². The molecule has 4 aliphatic rings. The Labute approximate surface area is 162 Å². The summed E-state index contributed by atoms with van der Waals surface area (Å²) in [6, 6.07) is 7.85. The van der Waals surface area contributed by atoms with Crippen LogP contribution in [0.1, 0.15) is 54.6 Å². The number of hydrogen-bond donors (Lipinski definition) is 1. The van der Waals surface area contributed by atoms with Crippen LogP contribution in [0.2, 0.25) is 0 Å². The van der Waals surface area contributed by atoms with E-state index in [4.69, 9.17) is 5.10 Å². The molecule has 1 amide bonds. The van der Waals surface area contributed by atoms with Crippen molar-refractivity contribution in [3.63, 3.8) is 0 Å². The topological polar surface area (TPSA) is 46.9 Å². The van der Waals surface area contributed by atoms with Gasteiger partial charge in [0.2, 0.25) is 0 Å². The lowest BCUT2D eigenvalue weighted by Gasteiger charge is -2.56. The van der Waals surface area contributed by atoms with Crippen LogP contribution >= 0.6 is 15.9 Å². The van der Waals surface area contributed by atoms with Crippen LogP contribution in [-0.2, 0) is 5.54 Å². The zero-order chi connectivity index (χ0) is 17.9. The molecular formula is C21H24BrN3O. The van der Waals surface area contributed by atoms with E-state index in [2.05, 4.69) is 25.9 Å². The number of aryl methyl sites for hydroxylation is 1. The van der Waals surface area contributed by atoms with Crippen LogP contribution in [0.5, 0.6) is 0 Å². The van der Waals surface area contributed by atoms with E-state index in [0.29, 0.717) is 5.69 Å². The lowest BCUT2D eigenvalue weighted by Crippen LogP contribution is -2.52. The van der Waals surface area contributed by atoms with Gasteiger partial charge in [0.1, 0.15) is 0 Å². The molecule has 4 aliphatic carbocycles. The average Bonchev–Trinajstić information content (AvgIpc) is 2.98. The Morgan fingerprint density at radius 1 is 1.12 bits per heavy atom. The molecular weight excluding hydrogens is 390 g/mol. The highest BCUT2D eigenvalue weighted by molar-refractivity contribution is 9.10. The lowest BCUT2D eigenvalue weighted by atomic mass is 9.53. The summed E-state index contributed by atoms with van der Waals surface area (Å²) in [6.45, 7) is 2.04. The van der Waals surface area contributed by atoms with Crippen molar-refractivity contribution in [2.75, 3.05) is 5.32 Å². The van der Waals surface area contributed by atoms with Crippen molar-refractivity contribution in [2.45, 2.75) is 51.0 Å². The Morgan fingerprint density at radius 2 is 1.69 bits per heavy atom. The van der Waals surface area contributed by atoms with Gasteiger partial charge in [-0.1, -0.05) is 17.7 Å². The van der Waals surface area contributed by atoms with Gasteiger partial charge in [0.25, 0.3) is 5.91 Å². The number of benzene rings is 1. The van der Waals surface area contributed by atoms with E-state index in [9.17, 15) is 4.79 Å². The van der Waals surface area contributed by atoms with Crippen molar-refractivity contribution >= 4 is 27.5 Å². The number of aromatic nitrogens is 2. The Morgan fingerprint density at radius 3 is 2.27 bits per heavy atom. The molecule has 4 nitrogen and oxygen atoms in total. The molecule has 0 unspecified atom stereocenters. The first-order valence-electron chi connectivity index (χ1n) is 9.64. The van der Waals surface area contributed by atoms with Crippen LogP contribution in [0.3, 0.4) is 0 Å². The number of hydrogen-bond acceptors (Lipinski definition) is 2. The largest absolute Gasteiger partial charge is 0.321 e. The maximum atomic E-state index is 12.7. The summed E-state index contributed by atoms with van der Waals surface area (Å²) in [6.07, 6.45) is 9.94. The molecule has 1 heterocycles. The molecule has 0 spiro atoms. The summed E-state index contributed by atoms with van der Waals surface area (Å²) in [5.74, 6) is 2.42. The number of amides is 1. The molecule has 4 bridgehead atoms. The predicted octanol–water partition coefficient (Wildman–Crippen LogP) is 5.13. The second-order valence-corrected chi connectivity index (χ2v) is 9.59. The minimum Gasteiger partial charge on any atom is -0.321 e. The SMILES string of the molecule is Cc1ccc(NC(=O)c2nn(C34CC5CC(CC(C5)C3)C4)cc2Br)cc1. The molecule has 136 valence electrons. The molecule has 0 radical (unpaired) electrons. The minimum absolute atomic E-state index is 0.139. The van der Waals surface area contributed by atoms with Crippen LogP contribution < -0.4 is 5.32 Å². The van der Waals surface area contributed by atoms with Crippen LogP contribution in [0.15, 0.2) is 34.9 Å². The fourth-order valence-corrected chi connectivity index (χ4v) is 6.38. The summed E-state index contributed by atoms with van der Waals surface area (Å²) in [5, 5.41) is 7.74. The Bertz CT molecular complexity index is 819. The van der Waals surface area contributed by atoms with Crippen LogP contribution in [0, 0.1) is 24.7 Å². The fraction of sp³-hybridized carbons (Fsp3) is 0.524. The number of nitrogens with zero attached hydrogens (tertiary/aromatic N) is 2. The third kappa shape index (κ3) is 2.72. The summed E-state index contributed by atoms with van der Waals surface area (Å²) < 4.78 is 2.92. The number of carbonyl (C=O) groups is 1. The second-order valence-electron chi connectivity index (χ2n) is 8.73. The highest BCUT2D eigenvalue weighted by Crippen LogP contribution is 2.58. The summed E-state index contributed by atoms with van der Waals surface area (Å²) in [5.41, 5.74) is 2.60. The van der Waals surface area contributed by atoms with Gasteiger partial charge < -0.3 is 5.32 Å². The maximum absolute atomic E-state index is 12.7. The van der Waals surface area contributed by atoms with Crippen molar-refractivity contribution in [3.05, 3.63) is 46.2 Å². The maximum Gasteiger partial charge on any atom is 0.277 e. The van der Waals surface area contributed by atoms with E-state index >= 15 is 0 Å². The monoisotopic (exact) mass is 413 g/mol. The van der Waals surface area contributed by atoms with E-state index < -0.39 is 0 Å². The second kappa shape index (κ2) is 5.95. The van der Waals surface area contributed by atoms with Gasteiger partial charge >= 0.3 is 0 Å². The standard InChI is InChI=1S/C21H24BrN3O/c1-13-2-4-17(5-3-13)23-20(26)19-18(22)12-25(24-19)21-9-14-6-15(10-21)8-16(7-14)11-21/h2-5,12,14-16H,6-11H2,1H3,(H,23,26). The zero-order valence-corrected chi connectivity index (χ0v) is 16.6. The smallest absolute Gasteiger partial charge is 0.277 e. The van der Waals surface area contributed by atoms with E-state index in [1.807, 2.05) is 37.4 Å². The zero-order valence-electron chi connectivity index (χ0n) is 15.0. The first-order valence-corrected chi connectivity index (χ1v) is 10.4. The van der Waals surface area contributed by atoms with Crippen molar-refractivity contribution in [1.82, 2.24) is 9.78 Å². The first-order chi connectivity index (χ1) is 12.5. The van der Waals surface area contributed by atoms with Crippen LogP contribution in [0.25, 0.3) is 0 Å². The molecule has 26 heavy (non-hydrogen) atoms. The van der Waals surface area contributed by atoms with Gasteiger partial charge in [-0.25, -0.2) is 0 Å². The van der Waals surface area contributed by atoms with Crippen molar-refractivity contribution in [3.8, 4) is 0 Å². The van der Waals surface area contributed by atoms with E-state index in [1.165, 1.54) is 44.1 Å². The van der Waals surface area contributed by atoms with E-state index in [-0.39, 0.29) is 11.4 Å². The van der Waals surface area contributed by atoms with Gasteiger partial charge in [0, 0.05) is 11.9 Å². The number of rotatable bonds is 3. The molecule has 6 rings (SSSR count). The molecule has 4 saturated carbocycles. The van der Waals surface area contributed by atoms with Gasteiger partial charge in [-0.05, 0) is 91.3 Å². The predicted molar refractivity (Wildman–Crippen MR) is 105 cm³/mol. The Hall–Kier alpha value is -1.62. The Balaban J connectivity index is 1.41. The molecule has 1 aromatic heterocycles. The van der Waals surface area contributed by atoms with E-state index in [0.717, 1.165) is 27.9 Å². The molecule has 1 N–H and O–H groups in total. The quantitative estimate of drug-likeness (QED) is 0.757. The molecule has 4 fully saturated rings. The third-order valence-electron chi connectivity index (χ3n) is 6.69. The highest BCUT2D eigenvalue weighted by Gasteiger charge is 2.52. The molecule has 1 aromatic carbocycles. The van der Waals surface area contributed by atoms with Gasteiger partial charge in [-0.2, -0.15) is 5.10 Å². The summed E-state index contributed by atoms with van der Waals surface area (Å²) in [7, 11) is 0. The number of halogens is 1. The van der Waals surface area contributed by atoms with Gasteiger partial charge in [-0.15, -0.1) is 0 Å². The molecule has 5 heteroatoms. The normalized spacial score (nSPS) is 32.0. The van der Waals surface area contributed by atoms with Gasteiger partial charge in [0.05, 0.1) is 10.0 Å². The number of anilines is 1. The summed E-state index contributed by atoms with van der Waals surface area (Å²) >= 11 is 3.58. The molecule has 0 atom stereocenters. The first kappa shape index (κ1) is 16.5. The van der Waals surface area contributed by atoms with Gasteiger partial charge in [-0.3, -0.25) is 9.48 Å². The fourth-order valence-electron chi connectivity index (χ4n) is 5.92. The van der Waals surface area contributed by atoms with Crippen molar-refractivity contribution < 1.29 is 4.79 Å². The summed E-state index contributed by atoms with van der Waals surface area (Å²) in [4.78, 5) is 12.7. The van der Waals surface area contributed by atoms with Crippen molar-refractivity contribution in [1.29, 1.82) is 0 Å². The minimum atomic E-state index is -0.149. The average molecular weight is 414 g/mol. The van der Waals surface area contributed by atoms with Crippen LogP contribution in [0.4, 0.5) is 5.69 Å². The molecule has 2 aromatic rings.